The Balaban J connectivity index is 1.85. The summed E-state index contributed by atoms with van der Waals surface area (Å²) in [6.07, 6.45) is 4.75. The maximum absolute atomic E-state index is 11.8. The number of hydrogen-bond acceptors (Lipinski definition) is 4. The quantitative estimate of drug-likeness (QED) is 0.801. The first-order chi connectivity index (χ1) is 8.69. The number of nitrogens with two attached hydrogens (primary N) is 1. The number of pyridine rings is 1. The van der Waals surface area contributed by atoms with Crippen LogP contribution in [0.25, 0.3) is 0 Å². The maximum atomic E-state index is 11.8. The lowest BCUT2D eigenvalue weighted by Crippen LogP contribution is -2.36. The minimum Gasteiger partial charge on any atom is -0.478 e. The molecule has 5 heteroatoms. The van der Waals surface area contributed by atoms with Gasteiger partial charge < -0.3 is 15.8 Å². The van der Waals surface area contributed by atoms with Crippen molar-refractivity contribution >= 4 is 11.6 Å². The standard InChI is InChI=1S/C13H19N3O2/c1-2-18-12-6-5-10(8-15-12)16-13(17)11(14)7-9-3-4-9/h5-6,8-9,11H,2-4,7,14H2,1H3,(H,16,17). The molecule has 2 rings (SSSR count). The minimum absolute atomic E-state index is 0.146. The van der Waals surface area contributed by atoms with Gasteiger partial charge in [0.2, 0.25) is 11.8 Å². The zero-order valence-corrected chi connectivity index (χ0v) is 10.6. The number of hydrogen-bond donors (Lipinski definition) is 2. The number of carbonyl (C=O) groups excluding carboxylic acids is 1. The molecule has 98 valence electrons. The van der Waals surface area contributed by atoms with Gasteiger partial charge in [-0.3, -0.25) is 4.79 Å². The Morgan fingerprint density at radius 2 is 2.39 bits per heavy atom. The molecule has 0 saturated heterocycles. The predicted molar refractivity (Wildman–Crippen MR) is 69.4 cm³/mol. The van der Waals surface area contributed by atoms with E-state index in [2.05, 4.69) is 10.3 Å². The van der Waals surface area contributed by atoms with Gasteiger partial charge in [-0.15, -0.1) is 0 Å². The number of rotatable bonds is 6. The van der Waals surface area contributed by atoms with E-state index in [4.69, 9.17) is 10.5 Å². The van der Waals surface area contributed by atoms with E-state index in [0.717, 1.165) is 6.42 Å². The summed E-state index contributed by atoms with van der Waals surface area (Å²) in [5, 5.41) is 2.76. The lowest BCUT2D eigenvalue weighted by Gasteiger charge is -2.11. The van der Waals surface area contributed by atoms with Crippen molar-refractivity contribution in [2.75, 3.05) is 11.9 Å². The lowest BCUT2D eigenvalue weighted by molar-refractivity contribution is -0.117. The van der Waals surface area contributed by atoms with Crippen LogP contribution in [0.15, 0.2) is 18.3 Å². The van der Waals surface area contributed by atoms with Crippen LogP contribution in [0.2, 0.25) is 0 Å². The van der Waals surface area contributed by atoms with Crippen LogP contribution < -0.4 is 15.8 Å². The molecule has 1 aliphatic carbocycles. The molecule has 0 spiro atoms. The van der Waals surface area contributed by atoms with Crippen molar-refractivity contribution in [1.29, 1.82) is 0 Å². The van der Waals surface area contributed by atoms with Crippen molar-refractivity contribution in [1.82, 2.24) is 4.98 Å². The summed E-state index contributed by atoms with van der Waals surface area (Å²) >= 11 is 0. The van der Waals surface area contributed by atoms with Gasteiger partial charge in [0.15, 0.2) is 0 Å². The number of nitrogens with zero attached hydrogens (tertiary/aromatic N) is 1. The molecule has 1 heterocycles. The van der Waals surface area contributed by atoms with Crippen LogP contribution in [-0.4, -0.2) is 23.5 Å². The van der Waals surface area contributed by atoms with Gasteiger partial charge in [-0.25, -0.2) is 4.98 Å². The van der Waals surface area contributed by atoms with E-state index in [-0.39, 0.29) is 5.91 Å². The second kappa shape index (κ2) is 5.82. The highest BCUT2D eigenvalue weighted by Crippen LogP contribution is 2.33. The van der Waals surface area contributed by atoms with Gasteiger partial charge in [0.1, 0.15) is 0 Å². The highest BCUT2D eigenvalue weighted by Gasteiger charge is 2.26. The molecule has 0 aliphatic heterocycles. The molecule has 0 aromatic carbocycles. The summed E-state index contributed by atoms with van der Waals surface area (Å²) in [6.45, 7) is 2.47. The van der Waals surface area contributed by atoms with E-state index in [1.54, 1.807) is 18.3 Å². The Hall–Kier alpha value is -1.62. The van der Waals surface area contributed by atoms with Crippen molar-refractivity contribution < 1.29 is 9.53 Å². The van der Waals surface area contributed by atoms with Crippen LogP contribution in [0.3, 0.4) is 0 Å². The fourth-order valence-electron chi connectivity index (χ4n) is 1.74. The van der Waals surface area contributed by atoms with Crippen molar-refractivity contribution in [3.8, 4) is 5.88 Å². The largest absolute Gasteiger partial charge is 0.478 e. The molecule has 18 heavy (non-hydrogen) atoms. The molecule has 1 fully saturated rings. The van der Waals surface area contributed by atoms with Crippen LogP contribution in [0.5, 0.6) is 5.88 Å². The summed E-state index contributed by atoms with van der Waals surface area (Å²) in [7, 11) is 0. The summed E-state index contributed by atoms with van der Waals surface area (Å²) in [5.41, 5.74) is 6.47. The average molecular weight is 249 g/mol. The molecule has 1 aromatic heterocycles. The SMILES string of the molecule is CCOc1ccc(NC(=O)C(N)CC2CC2)cn1. The Kier molecular flexibility index (Phi) is 4.15. The molecular formula is C13H19N3O2. The number of aromatic nitrogens is 1. The fourth-order valence-corrected chi connectivity index (χ4v) is 1.74. The van der Waals surface area contributed by atoms with Gasteiger partial charge in [0.05, 0.1) is 24.5 Å². The molecule has 3 N–H and O–H groups in total. The third-order valence-corrected chi connectivity index (χ3v) is 2.92. The predicted octanol–water partition coefficient (Wildman–Crippen LogP) is 1.55. The molecule has 1 amide bonds. The molecule has 5 nitrogen and oxygen atoms in total. The van der Waals surface area contributed by atoms with E-state index in [1.807, 2.05) is 6.92 Å². The number of ether oxygens (including phenoxy) is 1. The van der Waals surface area contributed by atoms with Gasteiger partial charge in [-0.05, 0) is 25.3 Å². The minimum atomic E-state index is -0.427. The third-order valence-electron chi connectivity index (χ3n) is 2.92. The van der Waals surface area contributed by atoms with Crippen molar-refractivity contribution in [2.24, 2.45) is 11.7 Å². The smallest absolute Gasteiger partial charge is 0.241 e. The molecular weight excluding hydrogens is 230 g/mol. The van der Waals surface area contributed by atoms with E-state index >= 15 is 0 Å². The Bertz CT molecular complexity index is 401. The monoisotopic (exact) mass is 249 g/mol. The van der Waals surface area contributed by atoms with Crippen molar-refractivity contribution in [2.45, 2.75) is 32.2 Å². The van der Waals surface area contributed by atoms with E-state index in [0.29, 0.717) is 24.1 Å². The normalized spacial score (nSPS) is 16.1. The molecule has 1 aromatic rings. The van der Waals surface area contributed by atoms with Crippen molar-refractivity contribution in [3.05, 3.63) is 18.3 Å². The van der Waals surface area contributed by atoms with E-state index in [9.17, 15) is 4.79 Å². The van der Waals surface area contributed by atoms with Gasteiger partial charge in [0, 0.05) is 6.07 Å². The Morgan fingerprint density at radius 1 is 1.61 bits per heavy atom. The Morgan fingerprint density at radius 3 is 2.94 bits per heavy atom. The molecule has 1 aliphatic rings. The summed E-state index contributed by atoms with van der Waals surface area (Å²) in [5.74, 6) is 1.05. The average Bonchev–Trinajstić information content (AvgIpc) is 3.16. The van der Waals surface area contributed by atoms with Gasteiger partial charge in [0.25, 0.3) is 0 Å². The van der Waals surface area contributed by atoms with Crippen LogP contribution in [0.4, 0.5) is 5.69 Å². The van der Waals surface area contributed by atoms with E-state index < -0.39 is 6.04 Å². The number of carbonyl (C=O) groups is 1. The maximum Gasteiger partial charge on any atom is 0.241 e. The summed E-state index contributed by atoms with van der Waals surface area (Å²) in [4.78, 5) is 15.9. The van der Waals surface area contributed by atoms with Crippen LogP contribution >= 0.6 is 0 Å². The zero-order valence-electron chi connectivity index (χ0n) is 10.6. The lowest BCUT2D eigenvalue weighted by atomic mass is 10.1. The molecule has 1 saturated carbocycles. The second-order valence-electron chi connectivity index (χ2n) is 4.59. The molecule has 0 bridgehead atoms. The van der Waals surface area contributed by atoms with Gasteiger partial charge >= 0.3 is 0 Å². The first-order valence-electron chi connectivity index (χ1n) is 6.34. The van der Waals surface area contributed by atoms with Gasteiger partial charge in [-0.1, -0.05) is 12.8 Å². The van der Waals surface area contributed by atoms with Crippen molar-refractivity contribution in [3.63, 3.8) is 0 Å². The van der Waals surface area contributed by atoms with Crippen LogP contribution in [-0.2, 0) is 4.79 Å². The molecule has 1 unspecified atom stereocenters. The van der Waals surface area contributed by atoms with Crippen LogP contribution in [0.1, 0.15) is 26.2 Å². The number of nitrogens with one attached hydrogen (secondary N) is 1. The van der Waals surface area contributed by atoms with Gasteiger partial charge in [-0.2, -0.15) is 0 Å². The van der Waals surface area contributed by atoms with Crippen LogP contribution in [0, 0.1) is 5.92 Å². The second-order valence-corrected chi connectivity index (χ2v) is 4.59. The third kappa shape index (κ3) is 3.70. The highest BCUT2D eigenvalue weighted by atomic mass is 16.5. The zero-order chi connectivity index (χ0) is 13.0. The molecule has 0 radical (unpaired) electrons. The fraction of sp³-hybridized carbons (Fsp3) is 0.538. The van der Waals surface area contributed by atoms with E-state index in [1.165, 1.54) is 12.8 Å². The Labute approximate surface area is 107 Å². The number of anilines is 1. The summed E-state index contributed by atoms with van der Waals surface area (Å²) in [6, 6.07) is 3.06. The first kappa shape index (κ1) is 12.8. The topological polar surface area (TPSA) is 77.2 Å². The first-order valence-corrected chi connectivity index (χ1v) is 6.34. The highest BCUT2D eigenvalue weighted by molar-refractivity contribution is 5.94. The number of amides is 1. The summed E-state index contributed by atoms with van der Waals surface area (Å²) < 4.78 is 5.23. The molecule has 1 atom stereocenters.